The highest BCUT2D eigenvalue weighted by atomic mass is 79.9. The van der Waals surface area contributed by atoms with Crippen molar-refractivity contribution >= 4 is 45.4 Å². The Morgan fingerprint density at radius 2 is 1.94 bits per heavy atom. The molecule has 11 nitrogen and oxygen atoms in total. The van der Waals surface area contributed by atoms with Crippen LogP contribution < -0.4 is 4.90 Å². The molecule has 1 aliphatic rings. The largest absolute Gasteiger partial charge is 0.459 e. The smallest absolute Gasteiger partial charge is 0.410 e. The number of ether oxygens (including phenoxy) is 2. The summed E-state index contributed by atoms with van der Waals surface area (Å²) < 4.78 is 10.5. The van der Waals surface area contributed by atoms with Crippen LogP contribution in [0.2, 0.25) is 0 Å². The maximum atomic E-state index is 12.9. The summed E-state index contributed by atoms with van der Waals surface area (Å²) in [7, 11) is 0. The van der Waals surface area contributed by atoms with Crippen molar-refractivity contribution in [2.45, 2.75) is 52.2 Å². The number of anilines is 1. The lowest BCUT2D eigenvalue weighted by molar-refractivity contribution is -0.384. The number of hydrogen-bond donors (Lipinski definition) is 0. The topological polar surface area (TPSA) is 132 Å². The number of carbonyl (C=O) groups excluding carboxylic acids is 3. The third-order valence-electron chi connectivity index (χ3n) is 4.39. The predicted molar refractivity (Wildman–Crippen MR) is 114 cm³/mol. The SMILES string of the molecule is CCOC(=O)C(=O)N(c1ncc(Br)cc1[N+](=O)[O-])C1CCN(C(=O)OC(C)(C)C)CC1. The van der Waals surface area contributed by atoms with Gasteiger partial charge in [0.15, 0.2) is 0 Å². The van der Waals surface area contributed by atoms with Gasteiger partial charge < -0.3 is 14.4 Å². The first kappa shape index (κ1) is 24.5. The number of rotatable bonds is 4. The molecular weight excluding hydrogens is 476 g/mol. The molecule has 0 radical (unpaired) electrons. The van der Waals surface area contributed by atoms with Gasteiger partial charge in [0.05, 0.1) is 11.5 Å². The number of nitro groups is 1. The Morgan fingerprint density at radius 1 is 1.32 bits per heavy atom. The minimum Gasteiger partial charge on any atom is -0.459 e. The summed E-state index contributed by atoms with van der Waals surface area (Å²) in [5.41, 5.74) is -1.08. The van der Waals surface area contributed by atoms with Crippen LogP contribution in [0.15, 0.2) is 16.7 Å². The van der Waals surface area contributed by atoms with E-state index in [1.54, 1.807) is 27.7 Å². The lowest BCUT2D eigenvalue weighted by atomic mass is 10.0. The van der Waals surface area contributed by atoms with Crippen LogP contribution >= 0.6 is 15.9 Å². The van der Waals surface area contributed by atoms with Crippen molar-refractivity contribution < 1.29 is 28.8 Å². The third-order valence-corrected chi connectivity index (χ3v) is 4.82. The molecule has 0 unspecified atom stereocenters. The summed E-state index contributed by atoms with van der Waals surface area (Å²) in [5.74, 6) is -2.42. The number of carbonyl (C=O) groups is 3. The van der Waals surface area contributed by atoms with Gasteiger partial charge in [0.1, 0.15) is 5.60 Å². The second-order valence-corrected chi connectivity index (χ2v) is 8.76. The molecule has 0 N–H and O–H groups in total. The molecule has 12 heteroatoms. The van der Waals surface area contributed by atoms with E-state index in [2.05, 4.69) is 20.9 Å². The van der Waals surface area contributed by atoms with Gasteiger partial charge in [-0.3, -0.25) is 19.8 Å². The highest BCUT2D eigenvalue weighted by Gasteiger charge is 2.39. The van der Waals surface area contributed by atoms with Gasteiger partial charge in [-0.2, -0.15) is 0 Å². The number of nitrogens with zero attached hydrogens (tertiary/aromatic N) is 4. The highest BCUT2D eigenvalue weighted by molar-refractivity contribution is 9.10. The Balaban J connectivity index is 2.32. The van der Waals surface area contributed by atoms with Crippen molar-refractivity contribution in [2.75, 3.05) is 24.6 Å². The van der Waals surface area contributed by atoms with Gasteiger partial charge in [-0.15, -0.1) is 0 Å². The normalized spacial score (nSPS) is 14.7. The van der Waals surface area contributed by atoms with Crippen molar-refractivity contribution in [1.82, 2.24) is 9.88 Å². The number of amides is 2. The molecule has 1 aromatic heterocycles. The van der Waals surface area contributed by atoms with E-state index in [-0.39, 0.29) is 38.4 Å². The Hall–Kier alpha value is -2.76. The molecule has 2 heterocycles. The maximum Gasteiger partial charge on any atom is 0.410 e. The predicted octanol–water partition coefficient (Wildman–Crippen LogP) is 3.05. The van der Waals surface area contributed by atoms with Crippen LogP contribution in [0.5, 0.6) is 0 Å². The number of esters is 1. The standard InChI is InChI=1S/C19H25BrN4O7/c1-5-30-17(26)16(25)23(15-14(24(28)29)10-12(20)11-21-15)13-6-8-22(9-7-13)18(27)31-19(2,3)4/h10-11,13H,5-9H2,1-4H3. The van der Waals surface area contributed by atoms with Gasteiger partial charge >= 0.3 is 23.7 Å². The molecule has 2 rings (SSSR count). The van der Waals surface area contributed by atoms with E-state index in [1.807, 2.05) is 0 Å². The Morgan fingerprint density at radius 3 is 2.45 bits per heavy atom. The summed E-state index contributed by atoms with van der Waals surface area (Å²) in [6.07, 6.45) is 1.38. The third kappa shape index (κ3) is 6.36. The number of piperidine rings is 1. The Bertz CT molecular complexity index is 863. The minimum atomic E-state index is -1.13. The fourth-order valence-electron chi connectivity index (χ4n) is 3.10. The lowest BCUT2D eigenvalue weighted by Gasteiger charge is -2.37. The van der Waals surface area contributed by atoms with E-state index in [4.69, 9.17) is 9.47 Å². The first-order chi connectivity index (χ1) is 14.4. The number of halogens is 1. The van der Waals surface area contributed by atoms with Crippen LogP contribution in [0.25, 0.3) is 0 Å². The van der Waals surface area contributed by atoms with Crippen molar-refractivity contribution in [3.05, 3.63) is 26.9 Å². The average molecular weight is 501 g/mol. The molecule has 1 fully saturated rings. The molecule has 0 aliphatic carbocycles. The van der Waals surface area contributed by atoms with E-state index in [1.165, 1.54) is 17.2 Å². The number of hydrogen-bond acceptors (Lipinski definition) is 8. The summed E-state index contributed by atoms with van der Waals surface area (Å²) in [4.78, 5) is 54.8. The number of likely N-dealkylation sites (tertiary alicyclic amines) is 1. The van der Waals surface area contributed by atoms with Gasteiger partial charge in [0.2, 0.25) is 5.82 Å². The van der Waals surface area contributed by atoms with Crippen molar-refractivity contribution in [2.24, 2.45) is 0 Å². The molecule has 1 aromatic rings. The Kier molecular flexibility index (Phi) is 7.93. The fourth-order valence-corrected chi connectivity index (χ4v) is 3.42. The van der Waals surface area contributed by atoms with Crippen molar-refractivity contribution in [3.63, 3.8) is 0 Å². The van der Waals surface area contributed by atoms with Crippen LogP contribution in [-0.4, -0.2) is 64.1 Å². The molecule has 0 atom stereocenters. The molecule has 0 spiro atoms. The zero-order valence-electron chi connectivity index (χ0n) is 17.8. The van der Waals surface area contributed by atoms with E-state index in [9.17, 15) is 24.5 Å². The van der Waals surface area contributed by atoms with E-state index < -0.39 is 40.2 Å². The first-order valence-electron chi connectivity index (χ1n) is 9.72. The van der Waals surface area contributed by atoms with E-state index in [0.29, 0.717) is 4.47 Å². The molecule has 0 aromatic carbocycles. The molecule has 31 heavy (non-hydrogen) atoms. The van der Waals surface area contributed by atoms with Crippen LogP contribution in [0, 0.1) is 10.1 Å². The lowest BCUT2D eigenvalue weighted by Crippen LogP contribution is -2.52. The second kappa shape index (κ2) is 10.0. The first-order valence-corrected chi connectivity index (χ1v) is 10.5. The van der Waals surface area contributed by atoms with Crippen LogP contribution in [0.3, 0.4) is 0 Å². The molecule has 0 saturated carbocycles. The van der Waals surface area contributed by atoms with Crippen molar-refractivity contribution in [1.29, 1.82) is 0 Å². The van der Waals surface area contributed by atoms with Gasteiger partial charge in [-0.05, 0) is 56.5 Å². The maximum absolute atomic E-state index is 12.9. The van der Waals surface area contributed by atoms with E-state index >= 15 is 0 Å². The molecular formula is C19H25BrN4O7. The van der Waals surface area contributed by atoms with Gasteiger partial charge in [0.25, 0.3) is 0 Å². The zero-order chi connectivity index (χ0) is 23.3. The summed E-state index contributed by atoms with van der Waals surface area (Å²) in [6.45, 7) is 7.30. The van der Waals surface area contributed by atoms with Gasteiger partial charge in [0, 0.05) is 35.9 Å². The summed E-state index contributed by atoms with van der Waals surface area (Å²) >= 11 is 3.13. The number of aromatic nitrogens is 1. The molecule has 1 saturated heterocycles. The quantitative estimate of drug-likeness (QED) is 0.266. The van der Waals surface area contributed by atoms with Crippen LogP contribution in [0.1, 0.15) is 40.5 Å². The minimum absolute atomic E-state index is 0.0225. The van der Waals surface area contributed by atoms with Gasteiger partial charge in [-0.1, -0.05) is 0 Å². The van der Waals surface area contributed by atoms with Crippen LogP contribution in [0.4, 0.5) is 16.3 Å². The fraction of sp³-hybridized carbons (Fsp3) is 0.579. The molecule has 1 aliphatic heterocycles. The van der Waals surface area contributed by atoms with E-state index in [0.717, 1.165) is 4.90 Å². The zero-order valence-corrected chi connectivity index (χ0v) is 19.4. The highest BCUT2D eigenvalue weighted by Crippen LogP contribution is 2.32. The van der Waals surface area contributed by atoms with Gasteiger partial charge in [-0.25, -0.2) is 14.6 Å². The monoisotopic (exact) mass is 500 g/mol. The molecule has 0 bridgehead atoms. The number of pyridine rings is 1. The summed E-state index contributed by atoms with van der Waals surface area (Å²) in [5, 5.41) is 11.6. The molecule has 2 amide bonds. The van der Waals surface area contributed by atoms with Crippen LogP contribution in [-0.2, 0) is 19.1 Å². The summed E-state index contributed by atoms with van der Waals surface area (Å²) in [6, 6.07) is 0.617. The molecule has 170 valence electrons. The average Bonchev–Trinajstić information content (AvgIpc) is 2.68. The van der Waals surface area contributed by atoms with Crippen molar-refractivity contribution in [3.8, 4) is 0 Å². The second-order valence-electron chi connectivity index (χ2n) is 7.85. The Labute approximate surface area is 188 Å².